The third-order valence-electron chi connectivity index (χ3n) is 4.07. The first-order valence-corrected chi connectivity index (χ1v) is 8.40. The monoisotopic (exact) mass is 297 g/mol. The summed E-state index contributed by atoms with van der Waals surface area (Å²) in [5.74, 6) is 2.18. The molecule has 2 atom stereocenters. The lowest BCUT2D eigenvalue weighted by molar-refractivity contribution is -0.0835. The summed E-state index contributed by atoms with van der Waals surface area (Å²) in [5, 5.41) is 6.87. The van der Waals surface area contributed by atoms with Crippen molar-refractivity contribution in [3.05, 3.63) is 0 Å². The Labute approximate surface area is 131 Å². The van der Waals surface area contributed by atoms with E-state index < -0.39 is 0 Å². The third-order valence-corrected chi connectivity index (χ3v) is 4.07. The molecule has 1 heterocycles. The van der Waals surface area contributed by atoms with Gasteiger partial charge in [0.1, 0.15) is 0 Å². The molecule has 0 aromatic rings. The van der Waals surface area contributed by atoms with Crippen molar-refractivity contribution < 1.29 is 4.74 Å². The molecule has 1 fully saturated rings. The molecule has 2 N–H and O–H groups in total. The van der Waals surface area contributed by atoms with Crippen LogP contribution in [-0.4, -0.2) is 38.8 Å². The van der Waals surface area contributed by atoms with Gasteiger partial charge in [0.05, 0.1) is 6.10 Å². The standard InChI is InChI=1S/C17H35N3O/c1-13(2)9-10-19-16(18-6)20-12-14-8-7-11-21-15(14)17(3,4)5/h13-15H,7-12H2,1-6H3,(H2,18,19,20). The number of hydrogen-bond acceptors (Lipinski definition) is 2. The predicted octanol–water partition coefficient (Wildman–Crippen LogP) is 3.04. The summed E-state index contributed by atoms with van der Waals surface area (Å²) in [5.41, 5.74) is 0.196. The van der Waals surface area contributed by atoms with E-state index in [1.807, 2.05) is 7.05 Å². The van der Waals surface area contributed by atoms with E-state index in [1.54, 1.807) is 0 Å². The molecule has 0 aliphatic carbocycles. The van der Waals surface area contributed by atoms with Gasteiger partial charge in [0, 0.05) is 32.7 Å². The first-order chi connectivity index (χ1) is 9.84. The van der Waals surface area contributed by atoms with Crippen LogP contribution in [0.1, 0.15) is 53.9 Å². The number of aliphatic imine (C=N–C) groups is 1. The summed E-state index contributed by atoms with van der Waals surface area (Å²) < 4.78 is 6.03. The van der Waals surface area contributed by atoms with Crippen molar-refractivity contribution in [2.24, 2.45) is 22.2 Å². The molecule has 124 valence electrons. The van der Waals surface area contributed by atoms with Crippen molar-refractivity contribution in [2.45, 2.75) is 60.0 Å². The Morgan fingerprint density at radius 1 is 1.29 bits per heavy atom. The summed E-state index contributed by atoms with van der Waals surface area (Å²) in [6.07, 6.45) is 3.89. The normalized spacial score (nSPS) is 24.2. The van der Waals surface area contributed by atoms with Crippen LogP contribution in [0.4, 0.5) is 0 Å². The van der Waals surface area contributed by atoms with Gasteiger partial charge in [0.25, 0.3) is 0 Å². The highest BCUT2D eigenvalue weighted by atomic mass is 16.5. The topological polar surface area (TPSA) is 45.7 Å². The van der Waals surface area contributed by atoms with Crippen molar-refractivity contribution in [1.29, 1.82) is 0 Å². The molecule has 0 amide bonds. The molecule has 1 aliphatic rings. The van der Waals surface area contributed by atoms with E-state index in [9.17, 15) is 0 Å². The van der Waals surface area contributed by atoms with Crippen molar-refractivity contribution in [3.63, 3.8) is 0 Å². The van der Waals surface area contributed by atoms with E-state index in [0.29, 0.717) is 17.9 Å². The van der Waals surface area contributed by atoms with E-state index in [-0.39, 0.29) is 5.41 Å². The number of nitrogens with zero attached hydrogens (tertiary/aromatic N) is 1. The quantitative estimate of drug-likeness (QED) is 0.605. The zero-order chi connectivity index (χ0) is 15.9. The smallest absolute Gasteiger partial charge is 0.190 e. The first-order valence-electron chi connectivity index (χ1n) is 8.40. The minimum absolute atomic E-state index is 0.196. The van der Waals surface area contributed by atoms with Crippen LogP contribution in [0.2, 0.25) is 0 Å². The summed E-state index contributed by atoms with van der Waals surface area (Å²) in [4.78, 5) is 4.31. The van der Waals surface area contributed by atoms with Gasteiger partial charge >= 0.3 is 0 Å². The van der Waals surface area contributed by atoms with E-state index >= 15 is 0 Å². The molecule has 4 nitrogen and oxygen atoms in total. The van der Waals surface area contributed by atoms with Gasteiger partial charge in [-0.1, -0.05) is 34.6 Å². The Balaban J connectivity index is 2.43. The summed E-state index contributed by atoms with van der Waals surface area (Å²) in [7, 11) is 1.84. The van der Waals surface area contributed by atoms with Gasteiger partial charge in [0.2, 0.25) is 0 Å². The second-order valence-electron chi connectivity index (χ2n) is 7.62. The van der Waals surface area contributed by atoms with Crippen molar-refractivity contribution in [1.82, 2.24) is 10.6 Å². The van der Waals surface area contributed by atoms with Crippen LogP contribution in [-0.2, 0) is 4.74 Å². The first kappa shape index (κ1) is 18.3. The molecule has 21 heavy (non-hydrogen) atoms. The molecule has 0 saturated carbocycles. The Bertz CT molecular complexity index is 320. The Morgan fingerprint density at radius 2 is 2.00 bits per heavy atom. The lowest BCUT2D eigenvalue weighted by atomic mass is 9.78. The molecule has 4 heteroatoms. The van der Waals surface area contributed by atoms with E-state index in [1.165, 1.54) is 6.42 Å². The lowest BCUT2D eigenvalue weighted by Crippen LogP contribution is -2.47. The maximum Gasteiger partial charge on any atom is 0.190 e. The fraction of sp³-hybridized carbons (Fsp3) is 0.941. The summed E-state index contributed by atoms with van der Waals surface area (Å²) in [6.45, 7) is 14.1. The molecule has 0 aromatic carbocycles. The maximum absolute atomic E-state index is 6.03. The molecule has 0 radical (unpaired) electrons. The predicted molar refractivity (Wildman–Crippen MR) is 90.7 cm³/mol. The lowest BCUT2D eigenvalue weighted by Gasteiger charge is -2.40. The van der Waals surface area contributed by atoms with Crippen LogP contribution < -0.4 is 10.6 Å². The van der Waals surface area contributed by atoms with Gasteiger partial charge in [0.15, 0.2) is 5.96 Å². The Kier molecular flexibility index (Phi) is 7.50. The zero-order valence-corrected chi connectivity index (χ0v) is 14.8. The molecular formula is C17H35N3O. The number of hydrogen-bond donors (Lipinski definition) is 2. The van der Waals surface area contributed by atoms with Crippen LogP contribution in [0.15, 0.2) is 4.99 Å². The average Bonchev–Trinajstić information content (AvgIpc) is 2.41. The third kappa shape index (κ3) is 6.68. The summed E-state index contributed by atoms with van der Waals surface area (Å²) in [6, 6.07) is 0. The SMILES string of the molecule is CN=C(NCCC(C)C)NCC1CCCOC1C(C)(C)C. The van der Waals surface area contributed by atoms with Gasteiger partial charge in [-0.15, -0.1) is 0 Å². The molecule has 0 aromatic heterocycles. The number of guanidine groups is 1. The highest BCUT2D eigenvalue weighted by Gasteiger charge is 2.35. The maximum atomic E-state index is 6.03. The minimum Gasteiger partial charge on any atom is -0.377 e. The molecular weight excluding hydrogens is 262 g/mol. The van der Waals surface area contributed by atoms with Crippen LogP contribution in [0.5, 0.6) is 0 Å². The highest BCUT2D eigenvalue weighted by molar-refractivity contribution is 5.79. The second kappa shape index (κ2) is 8.62. The van der Waals surface area contributed by atoms with Crippen molar-refractivity contribution >= 4 is 5.96 Å². The van der Waals surface area contributed by atoms with Crippen LogP contribution in [0, 0.1) is 17.3 Å². The largest absolute Gasteiger partial charge is 0.377 e. The second-order valence-corrected chi connectivity index (χ2v) is 7.62. The molecule has 0 spiro atoms. The van der Waals surface area contributed by atoms with E-state index in [2.05, 4.69) is 50.2 Å². The number of rotatable bonds is 5. The van der Waals surface area contributed by atoms with Crippen molar-refractivity contribution in [3.8, 4) is 0 Å². The molecule has 1 saturated heterocycles. The number of ether oxygens (including phenoxy) is 1. The van der Waals surface area contributed by atoms with Crippen LogP contribution in [0.3, 0.4) is 0 Å². The van der Waals surface area contributed by atoms with Gasteiger partial charge in [-0.3, -0.25) is 4.99 Å². The Morgan fingerprint density at radius 3 is 2.57 bits per heavy atom. The Hall–Kier alpha value is -0.770. The van der Waals surface area contributed by atoms with Gasteiger partial charge in [-0.2, -0.15) is 0 Å². The van der Waals surface area contributed by atoms with Gasteiger partial charge in [-0.25, -0.2) is 0 Å². The minimum atomic E-state index is 0.196. The fourth-order valence-electron chi connectivity index (χ4n) is 2.94. The summed E-state index contributed by atoms with van der Waals surface area (Å²) >= 11 is 0. The van der Waals surface area contributed by atoms with E-state index in [0.717, 1.165) is 38.5 Å². The fourth-order valence-corrected chi connectivity index (χ4v) is 2.94. The highest BCUT2D eigenvalue weighted by Crippen LogP contribution is 2.33. The van der Waals surface area contributed by atoms with Crippen LogP contribution >= 0.6 is 0 Å². The van der Waals surface area contributed by atoms with Gasteiger partial charge in [-0.05, 0) is 30.6 Å². The number of nitrogens with one attached hydrogen (secondary N) is 2. The molecule has 0 bridgehead atoms. The van der Waals surface area contributed by atoms with E-state index in [4.69, 9.17) is 4.74 Å². The van der Waals surface area contributed by atoms with Crippen LogP contribution in [0.25, 0.3) is 0 Å². The molecule has 2 unspecified atom stereocenters. The molecule has 1 rings (SSSR count). The van der Waals surface area contributed by atoms with Gasteiger partial charge < -0.3 is 15.4 Å². The molecule has 1 aliphatic heterocycles. The van der Waals surface area contributed by atoms with Crippen molar-refractivity contribution in [2.75, 3.05) is 26.7 Å². The zero-order valence-electron chi connectivity index (χ0n) is 14.8. The average molecular weight is 297 g/mol.